The van der Waals surface area contributed by atoms with Gasteiger partial charge in [-0.25, -0.2) is 4.39 Å². The van der Waals surface area contributed by atoms with Crippen molar-refractivity contribution in [3.05, 3.63) is 24.0 Å². The molecular formula is C12H15FN2O2S2. The number of halogens is 1. The van der Waals surface area contributed by atoms with Crippen LogP contribution < -0.4 is 5.32 Å². The van der Waals surface area contributed by atoms with Gasteiger partial charge in [0.1, 0.15) is 10.7 Å². The highest BCUT2D eigenvalue weighted by molar-refractivity contribution is 8.14. The fraction of sp³-hybridized carbons (Fsp3) is 0.417. The number of fused-ring (bicyclic) bond motifs is 1. The molecular weight excluding hydrogens is 287 g/mol. The van der Waals surface area contributed by atoms with Crippen LogP contribution in [0.2, 0.25) is 0 Å². The number of hydrogen-bond donors (Lipinski definition) is 1. The van der Waals surface area contributed by atoms with Crippen molar-refractivity contribution in [2.45, 2.75) is 31.1 Å². The molecule has 0 radical (unpaired) electrons. The minimum Gasteiger partial charge on any atom is -0.333 e. The Morgan fingerprint density at radius 3 is 2.89 bits per heavy atom. The lowest BCUT2D eigenvalue weighted by molar-refractivity contribution is 0.592. The molecule has 0 saturated heterocycles. The first kappa shape index (κ1) is 14.3. The average molecular weight is 302 g/mol. The predicted octanol–water partition coefficient (Wildman–Crippen LogP) is 3.22. The molecule has 19 heavy (non-hydrogen) atoms. The van der Waals surface area contributed by atoms with E-state index in [1.807, 2.05) is 0 Å². The van der Waals surface area contributed by atoms with Crippen LogP contribution in [0.4, 0.5) is 10.1 Å². The van der Waals surface area contributed by atoms with Gasteiger partial charge in [-0.3, -0.25) is 0 Å². The Hall–Kier alpha value is -1.08. The van der Waals surface area contributed by atoms with Gasteiger partial charge in [-0.15, -0.1) is 4.40 Å². The van der Waals surface area contributed by atoms with E-state index >= 15 is 0 Å². The molecule has 104 valence electrons. The summed E-state index contributed by atoms with van der Waals surface area (Å²) in [6.07, 6.45) is 3.23. The van der Waals surface area contributed by atoms with E-state index in [0.717, 1.165) is 31.1 Å². The number of amidine groups is 1. The summed E-state index contributed by atoms with van der Waals surface area (Å²) in [5, 5.41) is 3.28. The Morgan fingerprint density at radius 1 is 1.37 bits per heavy atom. The Kier molecular flexibility index (Phi) is 4.46. The summed E-state index contributed by atoms with van der Waals surface area (Å²) in [6, 6.07) is 3.63. The van der Waals surface area contributed by atoms with E-state index in [-0.39, 0.29) is 4.90 Å². The molecule has 0 saturated carbocycles. The number of benzene rings is 1. The van der Waals surface area contributed by atoms with Gasteiger partial charge in [0.05, 0.1) is 5.69 Å². The van der Waals surface area contributed by atoms with Crippen LogP contribution in [0.15, 0.2) is 27.5 Å². The zero-order valence-corrected chi connectivity index (χ0v) is 12.2. The Balaban J connectivity index is 2.15. The topological polar surface area (TPSA) is 58.5 Å². The monoisotopic (exact) mass is 302 g/mol. The Bertz CT molecular complexity index is 600. The van der Waals surface area contributed by atoms with E-state index in [1.165, 1.54) is 23.9 Å². The van der Waals surface area contributed by atoms with E-state index in [2.05, 4.69) is 16.6 Å². The summed E-state index contributed by atoms with van der Waals surface area (Å²) in [6.45, 7) is 2.11. The minimum absolute atomic E-state index is 0.106. The van der Waals surface area contributed by atoms with Crippen LogP contribution in [0.1, 0.15) is 26.2 Å². The van der Waals surface area contributed by atoms with Gasteiger partial charge in [-0.2, -0.15) is 8.42 Å². The largest absolute Gasteiger partial charge is 0.333 e. The lowest BCUT2D eigenvalue weighted by Crippen LogP contribution is -2.19. The summed E-state index contributed by atoms with van der Waals surface area (Å²) in [4.78, 5) is -0.106. The quantitative estimate of drug-likeness (QED) is 0.868. The van der Waals surface area contributed by atoms with E-state index in [4.69, 9.17) is 0 Å². The van der Waals surface area contributed by atoms with Gasteiger partial charge >= 0.3 is 0 Å². The predicted molar refractivity (Wildman–Crippen MR) is 76.6 cm³/mol. The number of nitrogens with zero attached hydrogens (tertiary/aromatic N) is 1. The van der Waals surface area contributed by atoms with Crippen LogP contribution in [-0.2, 0) is 10.0 Å². The molecule has 1 aromatic rings. The molecule has 0 atom stereocenters. The van der Waals surface area contributed by atoms with E-state index in [0.29, 0.717) is 10.9 Å². The summed E-state index contributed by atoms with van der Waals surface area (Å²) in [5.74, 6) is 0.226. The van der Waals surface area contributed by atoms with Crippen LogP contribution >= 0.6 is 11.8 Å². The molecule has 0 spiro atoms. The smallest absolute Gasteiger partial charge is 0.286 e. The SMILES string of the molecule is CCCCCSC1=NS(=O)(=O)c2cc(F)ccc2N1. The zero-order valence-electron chi connectivity index (χ0n) is 10.5. The molecule has 7 heteroatoms. The van der Waals surface area contributed by atoms with Crippen LogP contribution in [-0.4, -0.2) is 19.3 Å². The first-order valence-corrected chi connectivity index (χ1v) is 8.50. The van der Waals surface area contributed by atoms with Crippen molar-refractivity contribution in [1.82, 2.24) is 0 Å². The third kappa shape index (κ3) is 3.48. The van der Waals surface area contributed by atoms with Crippen LogP contribution in [0, 0.1) is 5.82 Å². The van der Waals surface area contributed by atoms with Crippen LogP contribution in [0.25, 0.3) is 0 Å². The summed E-state index contributed by atoms with van der Waals surface area (Å²) in [5.41, 5.74) is 0.384. The molecule has 1 N–H and O–H groups in total. The second-order valence-corrected chi connectivity index (χ2v) is 6.85. The number of hydrogen-bond acceptors (Lipinski definition) is 4. The maximum Gasteiger partial charge on any atom is 0.286 e. The first-order valence-electron chi connectivity index (χ1n) is 6.07. The van der Waals surface area contributed by atoms with Gasteiger partial charge in [-0.05, 0) is 24.6 Å². The molecule has 1 aromatic carbocycles. The van der Waals surface area contributed by atoms with Crippen molar-refractivity contribution in [3.63, 3.8) is 0 Å². The second kappa shape index (κ2) is 5.92. The van der Waals surface area contributed by atoms with E-state index in [1.54, 1.807) is 0 Å². The van der Waals surface area contributed by atoms with E-state index < -0.39 is 15.8 Å². The first-order chi connectivity index (χ1) is 9.03. The Morgan fingerprint density at radius 2 is 2.16 bits per heavy atom. The van der Waals surface area contributed by atoms with Crippen LogP contribution in [0.5, 0.6) is 0 Å². The van der Waals surface area contributed by atoms with Gasteiger partial charge in [-0.1, -0.05) is 31.5 Å². The number of anilines is 1. The molecule has 0 bridgehead atoms. The van der Waals surface area contributed by atoms with Gasteiger partial charge < -0.3 is 5.32 Å². The highest BCUT2D eigenvalue weighted by Gasteiger charge is 2.25. The van der Waals surface area contributed by atoms with Crippen molar-refractivity contribution < 1.29 is 12.8 Å². The van der Waals surface area contributed by atoms with Crippen molar-refractivity contribution >= 4 is 32.6 Å². The number of unbranched alkanes of at least 4 members (excludes halogenated alkanes) is 2. The van der Waals surface area contributed by atoms with Crippen molar-refractivity contribution in [2.24, 2.45) is 4.40 Å². The third-order valence-electron chi connectivity index (χ3n) is 2.65. The molecule has 2 rings (SSSR count). The summed E-state index contributed by atoms with van der Waals surface area (Å²) < 4.78 is 40.6. The standard InChI is InChI=1S/C12H15FN2O2S2/c1-2-3-4-7-18-12-14-10-6-5-9(13)8-11(10)19(16,17)15-12/h5-6,8H,2-4,7H2,1H3,(H,14,15). The number of rotatable bonds is 4. The van der Waals surface area contributed by atoms with Gasteiger partial charge in [0, 0.05) is 5.75 Å². The Labute approximate surface area is 116 Å². The maximum absolute atomic E-state index is 13.1. The van der Waals surface area contributed by atoms with Crippen LogP contribution in [0.3, 0.4) is 0 Å². The maximum atomic E-state index is 13.1. The second-order valence-electron chi connectivity index (χ2n) is 4.19. The molecule has 0 aliphatic carbocycles. The van der Waals surface area contributed by atoms with Gasteiger partial charge in [0.15, 0.2) is 5.17 Å². The highest BCUT2D eigenvalue weighted by Crippen LogP contribution is 2.30. The van der Waals surface area contributed by atoms with Gasteiger partial charge in [0.2, 0.25) is 0 Å². The number of nitrogens with one attached hydrogen (secondary N) is 1. The molecule has 0 fully saturated rings. The third-order valence-corrected chi connectivity index (χ3v) is 5.04. The van der Waals surface area contributed by atoms with Gasteiger partial charge in [0.25, 0.3) is 10.0 Å². The molecule has 4 nitrogen and oxygen atoms in total. The van der Waals surface area contributed by atoms with Crippen molar-refractivity contribution in [1.29, 1.82) is 0 Å². The average Bonchev–Trinajstić information content (AvgIpc) is 2.35. The number of thioether (sulfide) groups is 1. The minimum atomic E-state index is -3.79. The summed E-state index contributed by atoms with van der Waals surface area (Å²) >= 11 is 1.37. The molecule has 0 unspecified atom stereocenters. The van der Waals surface area contributed by atoms with Crippen molar-refractivity contribution in [3.8, 4) is 0 Å². The van der Waals surface area contributed by atoms with E-state index in [9.17, 15) is 12.8 Å². The lowest BCUT2D eigenvalue weighted by Gasteiger charge is -2.17. The normalized spacial score (nSPS) is 16.4. The molecule has 0 aromatic heterocycles. The molecule has 1 aliphatic heterocycles. The number of sulfonamides is 1. The fourth-order valence-electron chi connectivity index (χ4n) is 1.69. The highest BCUT2D eigenvalue weighted by atomic mass is 32.2. The zero-order chi connectivity index (χ0) is 13.9. The molecule has 0 amide bonds. The lowest BCUT2D eigenvalue weighted by atomic mass is 10.3. The molecule has 1 heterocycles. The molecule has 1 aliphatic rings. The fourth-order valence-corrected chi connectivity index (χ4v) is 3.94. The summed E-state index contributed by atoms with van der Waals surface area (Å²) in [7, 11) is -3.79. The van der Waals surface area contributed by atoms with Crippen molar-refractivity contribution in [2.75, 3.05) is 11.1 Å².